The fourth-order valence-corrected chi connectivity index (χ4v) is 2.56. The molecule has 0 saturated carbocycles. The van der Waals surface area contributed by atoms with Crippen LogP contribution in [0.15, 0.2) is 59.0 Å². The third kappa shape index (κ3) is 3.41. The van der Waals surface area contributed by atoms with Gasteiger partial charge < -0.3 is 20.2 Å². The molecule has 3 rings (SSSR count). The van der Waals surface area contributed by atoms with E-state index in [1.54, 1.807) is 26.0 Å². The van der Waals surface area contributed by atoms with E-state index in [2.05, 4.69) is 10.6 Å². The predicted molar refractivity (Wildman–Crippen MR) is 94.0 cm³/mol. The van der Waals surface area contributed by atoms with E-state index in [0.717, 1.165) is 16.5 Å². The van der Waals surface area contributed by atoms with Crippen LogP contribution in [0.3, 0.4) is 0 Å². The Kier molecular flexibility index (Phi) is 4.27. The number of carbonyl (C=O) groups excluding carboxylic acids is 1. The molecule has 3 N–H and O–H groups in total. The second kappa shape index (κ2) is 6.37. The largest absolute Gasteiger partial charge is 0.463 e. The molecule has 0 saturated heterocycles. The zero-order chi connectivity index (χ0) is 17.2. The number of furan rings is 1. The molecule has 0 radical (unpaired) electrons. The number of hydrogen-bond donors (Lipinski definition) is 3. The summed E-state index contributed by atoms with van der Waals surface area (Å²) in [6, 6.07) is 16.6. The van der Waals surface area contributed by atoms with E-state index in [-0.39, 0.29) is 12.6 Å². The van der Waals surface area contributed by atoms with Crippen molar-refractivity contribution in [2.75, 3.05) is 11.9 Å². The highest BCUT2D eigenvalue weighted by molar-refractivity contribution is 6.01. The van der Waals surface area contributed by atoms with E-state index in [1.165, 1.54) is 0 Å². The maximum Gasteiger partial charge on any atom is 0.319 e. The summed E-state index contributed by atoms with van der Waals surface area (Å²) in [5, 5.41) is 18.0. The summed E-state index contributed by atoms with van der Waals surface area (Å²) in [4.78, 5) is 12.2. The molecule has 0 aliphatic rings. The lowest BCUT2D eigenvalue weighted by Gasteiger charge is -2.21. The van der Waals surface area contributed by atoms with Crippen LogP contribution in [0.1, 0.15) is 18.4 Å². The number of benzene rings is 2. The van der Waals surface area contributed by atoms with Crippen LogP contribution in [0.25, 0.3) is 10.8 Å². The van der Waals surface area contributed by atoms with Crippen molar-refractivity contribution in [1.29, 1.82) is 0 Å². The SMILES string of the molecule is Cc1ccc(C(C)(O)CNC(=O)Nc2cccc3ccccc23)o1. The second-order valence-electron chi connectivity index (χ2n) is 6.02. The number of urea groups is 1. The van der Waals surface area contributed by atoms with E-state index in [9.17, 15) is 9.90 Å². The van der Waals surface area contributed by atoms with Crippen LogP contribution < -0.4 is 10.6 Å². The Labute approximate surface area is 140 Å². The van der Waals surface area contributed by atoms with Gasteiger partial charge in [0.2, 0.25) is 0 Å². The molecule has 24 heavy (non-hydrogen) atoms. The topological polar surface area (TPSA) is 74.5 Å². The third-order valence-electron chi connectivity index (χ3n) is 3.90. The zero-order valence-corrected chi connectivity index (χ0v) is 13.7. The van der Waals surface area contributed by atoms with E-state index < -0.39 is 5.60 Å². The second-order valence-corrected chi connectivity index (χ2v) is 6.02. The maximum absolute atomic E-state index is 12.2. The standard InChI is InChI=1S/C19H20N2O3/c1-13-10-11-17(24-13)19(2,23)12-20-18(22)21-16-9-5-7-14-6-3-4-8-15(14)16/h3-11,23H,12H2,1-2H3,(H2,20,21,22). The third-order valence-corrected chi connectivity index (χ3v) is 3.90. The summed E-state index contributed by atoms with van der Waals surface area (Å²) in [6.07, 6.45) is 0. The maximum atomic E-state index is 12.2. The molecule has 1 heterocycles. The van der Waals surface area contributed by atoms with Gasteiger partial charge in [-0.25, -0.2) is 4.79 Å². The van der Waals surface area contributed by atoms with Crippen LogP contribution in [-0.2, 0) is 5.60 Å². The van der Waals surface area contributed by atoms with Crippen molar-refractivity contribution in [2.45, 2.75) is 19.4 Å². The minimum absolute atomic E-state index is 0.0382. The first-order chi connectivity index (χ1) is 11.5. The Hall–Kier alpha value is -2.79. The van der Waals surface area contributed by atoms with E-state index in [1.807, 2.05) is 42.5 Å². The molecule has 5 heteroatoms. The molecule has 1 unspecified atom stereocenters. The predicted octanol–water partition coefficient (Wildman–Crippen LogP) is 3.77. The minimum Gasteiger partial charge on any atom is -0.463 e. The Balaban J connectivity index is 1.67. The molecular formula is C19H20N2O3. The van der Waals surface area contributed by atoms with Gasteiger partial charge in [0.25, 0.3) is 0 Å². The highest BCUT2D eigenvalue weighted by atomic mass is 16.4. The number of hydrogen-bond acceptors (Lipinski definition) is 3. The summed E-state index contributed by atoms with van der Waals surface area (Å²) >= 11 is 0. The first kappa shape index (κ1) is 16.1. The fourth-order valence-electron chi connectivity index (χ4n) is 2.56. The average Bonchev–Trinajstić information content (AvgIpc) is 3.01. The minimum atomic E-state index is -1.27. The molecule has 3 aromatic rings. The normalized spacial score (nSPS) is 13.5. The van der Waals surface area contributed by atoms with Gasteiger partial charge in [0, 0.05) is 5.39 Å². The van der Waals surface area contributed by atoms with Crippen molar-refractivity contribution in [3.05, 3.63) is 66.1 Å². The molecule has 124 valence electrons. The van der Waals surface area contributed by atoms with Crippen molar-refractivity contribution in [1.82, 2.24) is 5.32 Å². The highest BCUT2D eigenvalue weighted by Crippen LogP contribution is 2.24. The van der Waals surface area contributed by atoms with Crippen LogP contribution in [-0.4, -0.2) is 17.7 Å². The summed E-state index contributed by atoms with van der Waals surface area (Å²) in [5.74, 6) is 1.14. The van der Waals surface area contributed by atoms with Crippen molar-refractivity contribution in [3.8, 4) is 0 Å². The molecule has 1 aromatic heterocycles. The number of aryl methyl sites for hydroxylation is 1. The van der Waals surface area contributed by atoms with Crippen LogP contribution in [0.5, 0.6) is 0 Å². The monoisotopic (exact) mass is 324 g/mol. The molecule has 0 fully saturated rings. The van der Waals surface area contributed by atoms with Crippen molar-refractivity contribution in [2.24, 2.45) is 0 Å². The molecule has 0 spiro atoms. The van der Waals surface area contributed by atoms with Crippen LogP contribution in [0.2, 0.25) is 0 Å². The Morgan fingerprint density at radius 2 is 1.88 bits per heavy atom. The molecule has 2 aromatic carbocycles. The number of nitrogens with one attached hydrogen (secondary N) is 2. The van der Waals surface area contributed by atoms with Gasteiger partial charge in [0.15, 0.2) is 0 Å². The summed E-state index contributed by atoms with van der Waals surface area (Å²) < 4.78 is 5.43. The fraction of sp³-hybridized carbons (Fsp3) is 0.211. The summed E-state index contributed by atoms with van der Waals surface area (Å²) in [6.45, 7) is 3.44. The Morgan fingerprint density at radius 1 is 1.12 bits per heavy atom. The van der Waals surface area contributed by atoms with Gasteiger partial charge in [-0.15, -0.1) is 0 Å². The van der Waals surface area contributed by atoms with Crippen LogP contribution >= 0.6 is 0 Å². The molecule has 2 amide bonds. The quantitative estimate of drug-likeness (QED) is 0.684. The van der Waals surface area contributed by atoms with Gasteiger partial charge in [-0.05, 0) is 37.4 Å². The van der Waals surface area contributed by atoms with Crippen LogP contribution in [0.4, 0.5) is 10.5 Å². The highest BCUT2D eigenvalue weighted by Gasteiger charge is 2.27. The van der Waals surface area contributed by atoms with Gasteiger partial charge in [-0.3, -0.25) is 0 Å². The van der Waals surface area contributed by atoms with Crippen molar-refractivity contribution in [3.63, 3.8) is 0 Å². The molecule has 0 aliphatic heterocycles. The zero-order valence-electron chi connectivity index (χ0n) is 13.7. The number of anilines is 1. The number of amides is 2. The van der Waals surface area contributed by atoms with Gasteiger partial charge >= 0.3 is 6.03 Å². The number of aliphatic hydroxyl groups is 1. The lowest BCUT2D eigenvalue weighted by atomic mass is 10.0. The van der Waals surface area contributed by atoms with Crippen molar-refractivity contribution >= 4 is 22.5 Å². The van der Waals surface area contributed by atoms with Crippen molar-refractivity contribution < 1.29 is 14.3 Å². The van der Waals surface area contributed by atoms with E-state index >= 15 is 0 Å². The first-order valence-corrected chi connectivity index (χ1v) is 7.78. The summed E-state index contributed by atoms with van der Waals surface area (Å²) in [7, 11) is 0. The lowest BCUT2D eigenvalue weighted by molar-refractivity contribution is 0.0364. The van der Waals surface area contributed by atoms with Gasteiger partial charge in [-0.1, -0.05) is 36.4 Å². The van der Waals surface area contributed by atoms with E-state index in [4.69, 9.17) is 4.42 Å². The molecule has 0 aliphatic carbocycles. The molecule has 0 bridgehead atoms. The van der Waals surface area contributed by atoms with Crippen LogP contribution in [0, 0.1) is 6.92 Å². The number of rotatable bonds is 4. The van der Waals surface area contributed by atoms with E-state index in [0.29, 0.717) is 11.5 Å². The number of carbonyl (C=O) groups is 1. The van der Waals surface area contributed by atoms with Gasteiger partial charge in [-0.2, -0.15) is 0 Å². The molecule has 5 nitrogen and oxygen atoms in total. The Morgan fingerprint density at radius 3 is 2.62 bits per heavy atom. The summed E-state index contributed by atoms with van der Waals surface area (Å²) in [5.41, 5.74) is -0.552. The van der Waals surface area contributed by atoms with Gasteiger partial charge in [0.1, 0.15) is 17.1 Å². The lowest BCUT2D eigenvalue weighted by Crippen LogP contribution is -2.40. The smallest absolute Gasteiger partial charge is 0.319 e. The molecule has 1 atom stereocenters. The first-order valence-electron chi connectivity index (χ1n) is 7.78. The Bertz CT molecular complexity index is 862. The average molecular weight is 324 g/mol. The van der Waals surface area contributed by atoms with Gasteiger partial charge in [0.05, 0.1) is 12.2 Å². The number of fused-ring (bicyclic) bond motifs is 1. The molecular weight excluding hydrogens is 304 g/mol.